The van der Waals surface area contributed by atoms with Gasteiger partial charge in [-0.3, -0.25) is 0 Å². The number of hydrogen-bond donors (Lipinski definition) is 0. The van der Waals surface area contributed by atoms with Gasteiger partial charge in [0.2, 0.25) is 0 Å². The molecule has 12 heavy (non-hydrogen) atoms. The molecule has 0 fully saturated rings. The summed E-state index contributed by atoms with van der Waals surface area (Å²) in [5, 5.41) is 0. The third-order valence-corrected chi connectivity index (χ3v) is 4.85. The van der Waals surface area contributed by atoms with Crippen molar-refractivity contribution in [2.75, 3.05) is 0 Å². The van der Waals surface area contributed by atoms with E-state index in [9.17, 15) is 8.42 Å². The lowest BCUT2D eigenvalue weighted by molar-refractivity contribution is 0.609. The van der Waals surface area contributed by atoms with Crippen LogP contribution in [-0.4, -0.2) is 8.42 Å². The molecule has 0 aliphatic carbocycles. The average molecular weight is 381 g/mol. The van der Waals surface area contributed by atoms with Gasteiger partial charge in [0.05, 0.1) is 4.90 Å². The summed E-state index contributed by atoms with van der Waals surface area (Å²) in [6.45, 7) is 0. The van der Waals surface area contributed by atoms with Crippen LogP contribution in [0.4, 0.5) is 0 Å². The van der Waals surface area contributed by atoms with Crippen molar-refractivity contribution < 1.29 is 8.42 Å². The molecule has 0 N–H and O–H groups in total. The van der Waals surface area contributed by atoms with Crippen LogP contribution in [-0.2, 0) is 9.05 Å². The smallest absolute Gasteiger partial charge is 0.207 e. The van der Waals surface area contributed by atoms with E-state index in [-0.39, 0.29) is 4.90 Å². The Morgan fingerprint density at radius 3 is 2.42 bits per heavy atom. The van der Waals surface area contributed by atoms with Crippen molar-refractivity contribution in [2.45, 2.75) is 4.90 Å². The molecule has 0 aliphatic heterocycles. The zero-order valence-electron chi connectivity index (χ0n) is 5.59. The Morgan fingerprint density at radius 1 is 1.42 bits per heavy atom. The Balaban J connectivity index is 3.33. The van der Waals surface area contributed by atoms with Crippen molar-refractivity contribution in [2.24, 2.45) is 0 Å². The average Bonchev–Trinajstić information content (AvgIpc) is 1.92. The number of hydrogen-bond acceptors (Lipinski definition) is 2. The van der Waals surface area contributed by atoms with Gasteiger partial charge in [-0.1, -0.05) is 0 Å². The second-order valence-electron chi connectivity index (χ2n) is 2.01. The minimum absolute atomic E-state index is 0.122. The molecule has 0 amide bonds. The summed E-state index contributed by atoms with van der Waals surface area (Å²) in [4.78, 5) is 0.122. The molecule has 0 unspecified atom stereocenters. The van der Waals surface area contributed by atoms with Crippen LogP contribution in [0.5, 0.6) is 0 Å². The zero-order valence-corrected chi connectivity index (χ0v) is 10.9. The van der Waals surface area contributed by atoms with Crippen LogP contribution in [0.25, 0.3) is 0 Å². The zero-order chi connectivity index (χ0) is 9.35. The SMILES string of the molecule is O=S(=O)(Cl)c1ccc(Br)c(I)c1. The highest BCUT2D eigenvalue weighted by molar-refractivity contribution is 14.1. The van der Waals surface area contributed by atoms with E-state index < -0.39 is 9.05 Å². The Hall–Kier alpha value is 0.670. The second-order valence-corrected chi connectivity index (χ2v) is 6.60. The molecule has 0 aliphatic rings. The monoisotopic (exact) mass is 380 g/mol. The van der Waals surface area contributed by atoms with Gasteiger partial charge < -0.3 is 0 Å². The lowest BCUT2D eigenvalue weighted by atomic mass is 10.4. The minimum Gasteiger partial charge on any atom is -0.207 e. The number of rotatable bonds is 1. The van der Waals surface area contributed by atoms with Crippen molar-refractivity contribution in [3.05, 3.63) is 26.2 Å². The van der Waals surface area contributed by atoms with Crippen LogP contribution in [0.1, 0.15) is 0 Å². The van der Waals surface area contributed by atoms with Crippen molar-refractivity contribution in [1.29, 1.82) is 0 Å². The first-order valence-corrected chi connectivity index (χ1v) is 6.99. The van der Waals surface area contributed by atoms with E-state index in [1.54, 1.807) is 6.07 Å². The quantitative estimate of drug-likeness (QED) is 0.554. The molecule has 1 rings (SSSR count). The second kappa shape index (κ2) is 3.81. The van der Waals surface area contributed by atoms with Crippen molar-refractivity contribution >= 4 is 58.3 Å². The Labute approximate surface area is 97.0 Å². The highest BCUT2D eigenvalue weighted by Gasteiger charge is 2.10. The fourth-order valence-electron chi connectivity index (χ4n) is 0.629. The van der Waals surface area contributed by atoms with Gasteiger partial charge in [0.15, 0.2) is 0 Å². The first-order valence-electron chi connectivity index (χ1n) is 2.81. The molecule has 0 saturated heterocycles. The van der Waals surface area contributed by atoms with E-state index in [0.29, 0.717) is 0 Å². The maximum absolute atomic E-state index is 10.8. The summed E-state index contributed by atoms with van der Waals surface area (Å²) in [6, 6.07) is 4.61. The fourth-order valence-corrected chi connectivity index (χ4v) is 2.38. The number of halogens is 3. The molecule has 0 heterocycles. The van der Waals surface area contributed by atoms with Crippen LogP contribution in [0.15, 0.2) is 27.6 Å². The molecule has 0 atom stereocenters. The fraction of sp³-hybridized carbons (Fsp3) is 0. The number of benzene rings is 1. The van der Waals surface area contributed by atoms with Crippen molar-refractivity contribution in [3.63, 3.8) is 0 Å². The van der Waals surface area contributed by atoms with Crippen LogP contribution in [0.2, 0.25) is 0 Å². The standard InChI is InChI=1S/C6H3BrClIO2S/c7-5-2-1-4(3-6(5)9)12(8,10)11/h1-3H. The van der Waals surface area contributed by atoms with E-state index in [4.69, 9.17) is 10.7 Å². The summed E-state index contributed by atoms with van der Waals surface area (Å²) >= 11 is 5.27. The Bertz CT molecular complexity index is 404. The van der Waals surface area contributed by atoms with E-state index >= 15 is 0 Å². The first-order chi connectivity index (χ1) is 5.41. The molecule has 66 valence electrons. The lowest BCUT2D eigenvalue weighted by Crippen LogP contribution is -1.90. The predicted octanol–water partition coefficient (Wildman–Crippen LogP) is 2.98. The molecule has 0 spiro atoms. The molecular weight excluding hydrogens is 378 g/mol. The maximum atomic E-state index is 10.8. The van der Waals surface area contributed by atoms with E-state index in [1.165, 1.54) is 12.1 Å². The van der Waals surface area contributed by atoms with Gasteiger partial charge >= 0.3 is 0 Å². The van der Waals surface area contributed by atoms with E-state index in [2.05, 4.69) is 15.9 Å². The van der Waals surface area contributed by atoms with Gasteiger partial charge in [-0.05, 0) is 56.7 Å². The first kappa shape index (κ1) is 10.7. The van der Waals surface area contributed by atoms with Gasteiger partial charge in [0.25, 0.3) is 9.05 Å². The molecule has 6 heteroatoms. The van der Waals surface area contributed by atoms with Gasteiger partial charge in [-0.15, -0.1) is 0 Å². The van der Waals surface area contributed by atoms with Crippen LogP contribution in [0, 0.1) is 3.57 Å². The molecule has 1 aromatic carbocycles. The highest BCUT2D eigenvalue weighted by atomic mass is 127. The molecule has 0 bridgehead atoms. The van der Waals surface area contributed by atoms with E-state index in [1.807, 2.05) is 22.6 Å². The Kier molecular flexibility index (Phi) is 3.41. The summed E-state index contributed by atoms with van der Waals surface area (Å²) < 4.78 is 23.4. The van der Waals surface area contributed by atoms with Gasteiger partial charge in [0, 0.05) is 18.7 Å². The highest BCUT2D eigenvalue weighted by Crippen LogP contribution is 2.24. The molecule has 1 aromatic rings. The summed E-state index contributed by atoms with van der Waals surface area (Å²) in [5.74, 6) is 0. The summed E-state index contributed by atoms with van der Waals surface area (Å²) in [6.07, 6.45) is 0. The van der Waals surface area contributed by atoms with Gasteiger partial charge in [0.1, 0.15) is 0 Å². The molecule has 0 aromatic heterocycles. The third kappa shape index (κ3) is 2.58. The normalized spacial score (nSPS) is 11.6. The van der Waals surface area contributed by atoms with E-state index in [0.717, 1.165) is 8.04 Å². The molecule has 2 nitrogen and oxygen atoms in total. The Morgan fingerprint density at radius 2 is 2.00 bits per heavy atom. The van der Waals surface area contributed by atoms with Crippen molar-refractivity contribution in [1.82, 2.24) is 0 Å². The van der Waals surface area contributed by atoms with Crippen molar-refractivity contribution in [3.8, 4) is 0 Å². The lowest BCUT2D eigenvalue weighted by Gasteiger charge is -1.98. The van der Waals surface area contributed by atoms with Gasteiger partial charge in [-0.2, -0.15) is 0 Å². The van der Waals surface area contributed by atoms with Crippen LogP contribution in [0.3, 0.4) is 0 Å². The minimum atomic E-state index is -3.60. The van der Waals surface area contributed by atoms with Crippen LogP contribution >= 0.6 is 49.2 Å². The largest absolute Gasteiger partial charge is 0.261 e. The maximum Gasteiger partial charge on any atom is 0.261 e. The van der Waals surface area contributed by atoms with Crippen LogP contribution < -0.4 is 0 Å². The predicted molar refractivity (Wildman–Crippen MR) is 59.9 cm³/mol. The molecule has 0 radical (unpaired) electrons. The molecule has 0 saturated carbocycles. The van der Waals surface area contributed by atoms with Gasteiger partial charge in [-0.25, -0.2) is 8.42 Å². The topological polar surface area (TPSA) is 34.1 Å². The third-order valence-electron chi connectivity index (χ3n) is 1.17. The molecular formula is C6H3BrClIO2S. The summed E-state index contributed by atoms with van der Waals surface area (Å²) in [5.41, 5.74) is 0. The summed E-state index contributed by atoms with van der Waals surface area (Å²) in [7, 11) is 1.54.